The van der Waals surface area contributed by atoms with E-state index in [1.165, 1.54) is 19.4 Å². The SMILES string of the molecule is CCN(CC)CCCC(C)NC(C)C(C)O. The highest BCUT2D eigenvalue weighted by Crippen LogP contribution is 2.02. The molecule has 0 rings (SSSR count). The first-order valence-corrected chi connectivity index (χ1v) is 6.67. The van der Waals surface area contributed by atoms with Gasteiger partial charge in [0.25, 0.3) is 0 Å². The van der Waals surface area contributed by atoms with Gasteiger partial charge in [-0.25, -0.2) is 0 Å². The van der Waals surface area contributed by atoms with Crippen LogP contribution in [0.2, 0.25) is 0 Å². The first kappa shape index (κ1) is 15.9. The Hall–Kier alpha value is -0.120. The number of hydrogen-bond donors (Lipinski definition) is 2. The number of nitrogens with zero attached hydrogens (tertiary/aromatic N) is 1. The smallest absolute Gasteiger partial charge is 0.0662 e. The molecule has 16 heavy (non-hydrogen) atoms. The second kappa shape index (κ2) is 8.97. The highest BCUT2D eigenvalue weighted by atomic mass is 16.3. The van der Waals surface area contributed by atoms with Gasteiger partial charge in [-0.3, -0.25) is 0 Å². The van der Waals surface area contributed by atoms with Gasteiger partial charge in [-0.1, -0.05) is 13.8 Å². The lowest BCUT2D eigenvalue weighted by molar-refractivity contribution is 0.145. The summed E-state index contributed by atoms with van der Waals surface area (Å²) in [5.41, 5.74) is 0. The van der Waals surface area contributed by atoms with Crippen molar-refractivity contribution in [3.63, 3.8) is 0 Å². The zero-order valence-corrected chi connectivity index (χ0v) is 11.7. The van der Waals surface area contributed by atoms with Crippen molar-refractivity contribution in [3.05, 3.63) is 0 Å². The average molecular weight is 230 g/mol. The quantitative estimate of drug-likeness (QED) is 0.634. The van der Waals surface area contributed by atoms with E-state index in [1.807, 2.05) is 13.8 Å². The Bertz CT molecular complexity index is 158. The van der Waals surface area contributed by atoms with Crippen LogP contribution in [0, 0.1) is 0 Å². The maximum absolute atomic E-state index is 9.39. The van der Waals surface area contributed by atoms with Gasteiger partial charge in [0, 0.05) is 12.1 Å². The van der Waals surface area contributed by atoms with Crippen molar-refractivity contribution < 1.29 is 5.11 Å². The van der Waals surface area contributed by atoms with Crippen molar-refractivity contribution in [1.29, 1.82) is 0 Å². The minimum atomic E-state index is -0.273. The molecule has 0 amide bonds. The molecular formula is C13H30N2O. The van der Waals surface area contributed by atoms with Gasteiger partial charge in [0.2, 0.25) is 0 Å². The van der Waals surface area contributed by atoms with Gasteiger partial charge in [0.05, 0.1) is 6.10 Å². The van der Waals surface area contributed by atoms with Crippen molar-refractivity contribution in [1.82, 2.24) is 10.2 Å². The third-order valence-electron chi connectivity index (χ3n) is 3.28. The molecule has 0 aromatic carbocycles. The molecule has 0 aliphatic carbocycles. The van der Waals surface area contributed by atoms with E-state index in [4.69, 9.17) is 0 Å². The first-order chi connectivity index (χ1) is 7.51. The van der Waals surface area contributed by atoms with Crippen molar-refractivity contribution >= 4 is 0 Å². The zero-order chi connectivity index (χ0) is 12.6. The fourth-order valence-electron chi connectivity index (χ4n) is 1.83. The normalized spacial score (nSPS) is 17.4. The highest BCUT2D eigenvalue weighted by molar-refractivity contribution is 4.71. The van der Waals surface area contributed by atoms with Crippen LogP contribution in [-0.4, -0.2) is 47.8 Å². The van der Waals surface area contributed by atoms with Crippen LogP contribution >= 0.6 is 0 Å². The van der Waals surface area contributed by atoms with Gasteiger partial charge < -0.3 is 15.3 Å². The van der Waals surface area contributed by atoms with E-state index in [1.54, 1.807) is 0 Å². The minimum Gasteiger partial charge on any atom is -0.392 e. The summed E-state index contributed by atoms with van der Waals surface area (Å²) < 4.78 is 0. The molecule has 0 heterocycles. The first-order valence-electron chi connectivity index (χ1n) is 6.67. The second-order valence-electron chi connectivity index (χ2n) is 4.77. The van der Waals surface area contributed by atoms with E-state index < -0.39 is 0 Å². The maximum Gasteiger partial charge on any atom is 0.0662 e. The number of aliphatic hydroxyl groups excluding tert-OH is 1. The second-order valence-corrected chi connectivity index (χ2v) is 4.77. The molecule has 0 spiro atoms. The van der Waals surface area contributed by atoms with Gasteiger partial charge >= 0.3 is 0 Å². The third-order valence-corrected chi connectivity index (χ3v) is 3.28. The van der Waals surface area contributed by atoms with Crippen LogP contribution in [0.1, 0.15) is 47.5 Å². The zero-order valence-electron chi connectivity index (χ0n) is 11.7. The molecular weight excluding hydrogens is 200 g/mol. The summed E-state index contributed by atoms with van der Waals surface area (Å²) in [6.45, 7) is 13.9. The Kier molecular flexibility index (Phi) is 8.90. The van der Waals surface area contributed by atoms with Crippen LogP contribution in [0.4, 0.5) is 0 Å². The van der Waals surface area contributed by atoms with Crippen molar-refractivity contribution in [2.24, 2.45) is 0 Å². The van der Waals surface area contributed by atoms with Crippen LogP contribution in [-0.2, 0) is 0 Å². The summed E-state index contributed by atoms with van der Waals surface area (Å²) in [4.78, 5) is 2.45. The third kappa shape index (κ3) is 7.20. The van der Waals surface area contributed by atoms with Crippen LogP contribution in [0.3, 0.4) is 0 Å². The van der Waals surface area contributed by atoms with Crippen LogP contribution in [0.15, 0.2) is 0 Å². The fraction of sp³-hybridized carbons (Fsp3) is 1.00. The molecule has 0 aromatic rings. The molecule has 3 nitrogen and oxygen atoms in total. The lowest BCUT2D eigenvalue weighted by Gasteiger charge is -2.23. The lowest BCUT2D eigenvalue weighted by Crippen LogP contribution is -2.41. The molecule has 3 heteroatoms. The van der Waals surface area contributed by atoms with Gasteiger partial charge in [0.1, 0.15) is 0 Å². The minimum absolute atomic E-state index is 0.184. The maximum atomic E-state index is 9.39. The molecule has 0 bridgehead atoms. The molecule has 3 atom stereocenters. The Morgan fingerprint density at radius 1 is 1.12 bits per heavy atom. The number of hydrogen-bond acceptors (Lipinski definition) is 3. The monoisotopic (exact) mass is 230 g/mol. The lowest BCUT2D eigenvalue weighted by atomic mass is 10.1. The summed E-state index contributed by atoms with van der Waals surface area (Å²) in [5, 5.41) is 12.8. The topological polar surface area (TPSA) is 35.5 Å². The van der Waals surface area contributed by atoms with Gasteiger partial charge in [-0.05, 0) is 53.2 Å². The number of rotatable bonds is 9. The molecule has 0 radical (unpaired) electrons. The molecule has 3 unspecified atom stereocenters. The van der Waals surface area contributed by atoms with Crippen LogP contribution < -0.4 is 5.32 Å². The standard InChI is InChI=1S/C13H30N2O/c1-6-15(7-2)10-8-9-11(3)14-12(4)13(5)16/h11-14,16H,6-10H2,1-5H3. The number of nitrogens with one attached hydrogen (secondary N) is 1. The fourth-order valence-corrected chi connectivity index (χ4v) is 1.83. The van der Waals surface area contributed by atoms with E-state index in [0.717, 1.165) is 13.1 Å². The van der Waals surface area contributed by atoms with Crippen LogP contribution in [0.25, 0.3) is 0 Å². The summed E-state index contributed by atoms with van der Waals surface area (Å²) >= 11 is 0. The molecule has 0 aliphatic heterocycles. The van der Waals surface area contributed by atoms with E-state index in [9.17, 15) is 5.11 Å². The molecule has 0 aliphatic rings. The predicted molar refractivity (Wildman–Crippen MR) is 70.8 cm³/mol. The number of aliphatic hydroxyl groups is 1. The molecule has 0 fully saturated rings. The Morgan fingerprint density at radius 3 is 2.12 bits per heavy atom. The Labute approximate surface area is 101 Å². The Balaban J connectivity index is 3.61. The van der Waals surface area contributed by atoms with Crippen LogP contribution in [0.5, 0.6) is 0 Å². The predicted octanol–water partition coefficient (Wildman–Crippen LogP) is 1.86. The van der Waals surface area contributed by atoms with E-state index in [0.29, 0.717) is 6.04 Å². The average Bonchev–Trinajstić information content (AvgIpc) is 2.24. The Morgan fingerprint density at radius 2 is 1.69 bits per heavy atom. The van der Waals surface area contributed by atoms with E-state index in [2.05, 4.69) is 31.0 Å². The van der Waals surface area contributed by atoms with Gasteiger partial charge in [-0.15, -0.1) is 0 Å². The summed E-state index contributed by atoms with van der Waals surface area (Å²) in [6, 6.07) is 0.670. The van der Waals surface area contributed by atoms with E-state index in [-0.39, 0.29) is 12.1 Å². The largest absolute Gasteiger partial charge is 0.392 e. The molecule has 0 saturated carbocycles. The van der Waals surface area contributed by atoms with Gasteiger partial charge in [-0.2, -0.15) is 0 Å². The van der Waals surface area contributed by atoms with E-state index >= 15 is 0 Å². The molecule has 98 valence electrons. The van der Waals surface area contributed by atoms with Crippen molar-refractivity contribution in [3.8, 4) is 0 Å². The molecule has 0 saturated heterocycles. The molecule has 2 N–H and O–H groups in total. The van der Waals surface area contributed by atoms with Gasteiger partial charge in [0.15, 0.2) is 0 Å². The van der Waals surface area contributed by atoms with Crippen molar-refractivity contribution in [2.45, 2.75) is 65.6 Å². The highest BCUT2D eigenvalue weighted by Gasteiger charge is 2.11. The molecule has 0 aromatic heterocycles. The summed E-state index contributed by atoms with van der Waals surface area (Å²) in [6.07, 6.45) is 2.13. The summed E-state index contributed by atoms with van der Waals surface area (Å²) in [7, 11) is 0. The summed E-state index contributed by atoms with van der Waals surface area (Å²) in [5.74, 6) is 0. The van der Waals surface area contributed by atoms with Crippen molar-refractivity contribution in [2.75, 3.05) is 19.6 Å².